The third-order valence-corrected chi connectivity index (χ3v) is 6.26. The highest BCUT2D eigenvalue weighted by Gasteiger charge is 2.24. The molecular weight excluding hydrogens is 458 g/mol. The number of benzene rings is 2. The fourth-order valence-electron chi connectivity index (χ4n) is 4.07. The summed E-state index contributed by atoms with van der Waals surface area (Å²) < 4.78 is 5.03. The molecule has 1 aliphatic heterocycles. The van der Waals surface area contributed by atoms with E-state index in [2.05, 4.69) is 20.1 Å². The lowest BCUT2D eigenvalue weighted by molar-refractivity contribution is 0.0623. The molecule has 5 rings (SSSR count). The van der Waals surface area contributed by atoms with Gasteiger partial charge in [-0.2, -0.15) is 5.10 Å². The number of halogens is 1. The molecule has 0 aliphatic carbocycles. The van der Waals surface area contributed by atoms with Crippen molar-refractivity contribution in [3.8, 4) is 11.3 Å². The molecule has 4 aromatic rings. The standard InChI is InChI=1S/C24H22ClN5O4/c25-17-4-1-15(2-5-17)19-14-20(28-27-19)23(32)30-11-9-29(10-12-30)8-7-21(31)16-3-6-18-22(13-16)34-24(33)26-18/h1-6,13-14H,7-12H2,(H,26,33)(H,27,28). The van der Waals surface area contributed by atoms with Gasteiger partial charge in [0.25, 0.3) is 5.91 Å². The lowest BCUT2D eigenvalue weighted by atomic mass is 10.1. The molecule has 0 radical (unpaired) electrons. The monoisotopic (exact) mass is 479 g/mol. The summed E-state index contributed by atoms with van der Waals surface area (Å²) >= 11 is 5.93. The number of rotatable bonds is 6. The van der Waals surface area contributed by atoms with Crippen LogP contribution in [0.15, 0.2) is 57.7 Å². The first-order valence-corrected chi connectivity index (χ1v) is 11.3. The van der Waals surface area contributed by atoms with Gasteiger partial charge in [0, 0.05) is 55.3 Å². The lowest BCUT2D eigenvalue weighted by Crippen LogP contribution is -2.49. The number of hydrogen-bond acceptors (Lipinski definition) is 6. The van der Waals surface area contributed by atoms with Crippen LogP contribution >= 0.6 is 11.6 Å². The van der Waals surface area contributed by atoms with Crippen molar-refractivity contribution in [3.63, 3.8) is 0 Å². The molecule has 1 amide bonds. The van der Waals surface area contributed by atoms with Gasteiger partial charge in [-0.1, -0.05) is 23.7 Å². The third kappa shape index (κ3) is 4.66. The molecule has 34 heavy (non-hydrogen) atoms. The molecule has 0 unspecified atom stereocenters. The minimum absolute atomic E-state index is 0.0172. The number of ketones is 1. The molecule has 0 bridgehead atoms. The molecule has 10 heteroatoms. The number of oxazole rings is 1. The zero-order chi connectivity index (χ0) is 23.7. The Bertz CT molecular complexity index is 1400. The number of piperazine rings is 1. The number of aromatic nitrogens is 3. The number of nitrogens with zero attached hydrogens (tertiary/aromatic N) is 3. The zero-order valence-corrected chi connectivity index (χ0v) is 19.0. The van der Waals surface area contributed by atoms with Crippen LogP contribution in [0.25, 0.3) is 22.4 Å². The Labute approximate surface area is 199 Å². The van der Waals surface area contributed by atoms with Crippen LogP contribution in [0.1, 0.15) is 27.3 Å². The van der Waals surface area contributed by atoms with E-state index in [0.717, 1.165) is 5.56 Å². The van der Waals surface area contributed by atoms with Gasteiger partial charge in [-0.25, -0.2) is 4.79 Å². The van der Waals surface area contributed by atoms with Gasteiger partial charge in [-0.3, -0.25) is 24.6 Å². The summed E-state index contributed by atoms with van der Waals surface area (Å²) in [4.78, 5) is 43.3. The summed E-state index contributed by atoms with van der Waals surface area (Å²) in [6, 6.07) is 14.0. The normalized spacial score (nSPS) is 14.6. The number of carbonyl (C=O) groups excluding carboxylic acids is 2. The highest BCUT2D eigenvalue weighted by molar-refractivity contribution is 6.30. The van der Waals surface area contributed by atoms with E-state index in [1.54, 1.807) is 41.3 Å². The van der Waals surface area contributed by atoms with Crippen molar-refractivity contribution >= 4 is 34.4 Å². The molecule has 2 aromatic carbocycles. The van der Waals surface area contributed by atoms with E-state index in [0.29, 0.717) is 72.2 Å². The molecule has 3 heterocycles. The molecule has 2 aromatic heterocycles. The average molecular weight is 480 g/mol. The summed E-state index contributed by atoms with van der Waals surface area (Å²) in [6.45, 7) is 3.11. The smallest absolute Gasteiger partial charge is 0.408 e. The number of H-pyrrole nitrogens is 2. The third-order valence-electron chi connectivity index (χ3n) is 6.01. The Balaban J connectivity index is 1.13. The lowest BCUT2D eigenvalue weighted by Gasteiger charge is -2.34. The van der Waals surface area contributed by atoms with Crippen LogP contribution in [-0.4, -0.2) is 69.4 Å². The van der Waals surface area contributed by atoms with Crippen LogP contribution in [0.5, 0.6) is 0 Å². The van der Waals surface area contributed by atoms with Crippen molar-refractivity contribution in [2.75, 3.05) is 32.7 Å². The predicted octanol–water partition coefficient (Wildman–Crippen LogP) is 3.20. The van der Waals surface area contributed by atoms with Crippen molar-refractivity contribution < 1.29 is 14.0 Å². The minimum Gasteiger partial charge on any atom is -0.408 e. The van der Waals surface area contributed by atoms with Crippen molar-refractivity contribution in [2.45, 2.75) is 6.42 Å². The first kappa shape index (κ1) is 22.1. The molecule has 0 saturated carbocycles. The number of Topliss-reactive ketones (excluding diaryl/α,β-unsaturated/α-hetero) is 1. The van der Waals surface area contributed by atoms with Crippen LogP contribution in [-0.2, 0) is 0 Å². The molecule has 9 nitrogen and oxygen atoms in total. The van der Waals surface area contributed by atoms with Crippen molar-refractivity contribution in [1.29, 1.82) is 0 Å². The average Bonchev–Trinajstić information content (AvgIpc) is 3.48. The van der Waals surface area contributed by atoms with Gasteiger partial charge in [-0.15, -0.1) is 0 Å². The maximum atomic E-state index is 12.9. The maximum absolute atomic E-state index is 12.9. The highest BCUT2D eigenvalue weighted by Crippen LogP contribution is 2.21. The maximum Gasteiger partial charge on any atom is 0.417 e. The number of carbonyl (C=O) groups is 2. The molecular formula is C24H22ClN5O4. The summed E-state index contributed by atoms with van der Waals surface area (Å²) in [7, 11) is 0. The van der Waals surface area contributed by atoms with Gasteiger partial charge >= 0.3 is 5.76 Å². The molecule has 1 saturated heterocycles. The SMILES string of the molecule is O=C(CCN1CCN(C(=O)c2cc(-c3ccc(Cl)cc3)n[nH]2)CC1)c1ccc2[nH]c(=O)oc2c1. The number of aromatic amines is 2. The first-order chi connectivity index (χ1) is 16.5. The Hall–Kier alpha value is -3.69. The molecule has 0 spiro atoms. The van der Waals surface area contributed by atoms with Crippen molar-refractivity contribution in [3.05, 3.63) is 75.4 Å². The van der Waals surface area contributed by atoms with E-state index in [-0.39, 0.29) is 11.7 Å². The van der Waals surface area contributed by atoms with E-state index >= 15 is 0 Å². The van der Waals surface area contributed by atoms with Gasteiger partial charge in [0.1, 0.15) is 5.69 Å². The van der Waals surface area contributed by atoms with Crippen LogP contribution in [0, 0.1) is 0 Å². The van der Waals surface area contributed by atoms with E-state index in [1.165, 1.54) is 0 Å². The zero-order valence-electron chi connectivity index (χ0n) is 18.2. The Morgan fingerprint density at radius 3 is 2.56 bits per heavy atom. The summed E-state index contributed by atoms with van der Waals surface area (Å²) in [5.74, 6) is -0.649. The Morgan fingerprint density at radius 2 is 1.79 bits per heavy atom. The summed E-state index contributed by atoms with van der Waals surface area (Å²) in [5, 5.41) is 7.74. The fraction of sp³-hybridized carbons (Fsp3) is 0.250. The van der Waals surface area contributed by atoms with E-state index in [9.17, 15) is 14.4 Å². The number of fused-ring (bicyclic) bond motifs is 1. The van der Waals surface area contributed by atoms with Gasteiger partial charge in [0.05, 0.1) is 11.2 Å². The quantitative estimate of drug-likeness (QED) is 0.410. The minimum atomic E-state index is -0.539. The Kier molecular flexibility index (Phi) is 6.04. The number of hydrogen-bond donors (Lipinski definition) is 2. The van der Waals surface area contributed by atoms with Crippen LogP contribution in [0.4, 0.5) is 0 Å². The second kappa shape index (κ2) is 9.28. The largest absolute Gasteiger partial charge is 0.417 e. The second-order valence-electron chi connectivity index (χ2n) is 8.21. The predicted molar refractivity (Wildman–Crippen MR) is 127 cm³/mol. The van der Waals surface area contributed by atoms with Crippen LogP contribution < -0.4 is 5.76 Å². The van der Waals surface area contributed by atoms with E-state index < -0.39 is 5.76 Å². The van der Waals surface area contributed by atoms with Gasteiger partial charge < -0.3 is 9.32 Å². The van der Waals surface area contributed by atoms with Crippen LogP contribution in [0.2, 0.25) is 5.02 Å². The highest BCUT2D eigenvalue weighted by atomic mass is 35.5. The molecule has 1 aliphatic rings. The number of amides is 1. The van der Waals surface area contributed by atoms with Crippen molar-refractivity contribution in [2.24, 2.45) is 0 Å². The second-order valence-corrected chi connectivity index (χ2v) is 8.64. The molecule has 0 atom stereocenters. The van der Waals surface area contributed by atoms with Gasteiger partial charge in [0.15, 0.2) is 11.4 Å². The number of nitrogens with one attached hydrogen (secondary N) is 2. The van der Waals surface area contributed by atoms with Crippen LogP contribution in [0.3, 0.4) is 0 Å². The molecule has 2 N–H and O–H groups in total. The topological polar surface area (TPSA) is 115 Å². The molecule has 1 fully saturated rings. The van der Waals surface area contributed by atoms with Gasteiger partial charge in [-0.05, 0) is 36.4 Å². The van der Waals surface area contributed by atoms with Gasteiger partial charge in [0.2, 0.25) is 0 Å². The van der Waals surface area contributed by atoms with E-state index in [4.69, 9.17) is 16.0 Å². The fourth-order valence-corrected chi connectivity index (χ4v) is 4.19. The first-order valence-electron chi connectivity index (χ1n) is 11.0. The molecule has 174 valence electrons. The summed E-state index contributed by atoms with van der Waals surface area (Å²) in [5.41, 5.74) is 3.47. The van der Waals surface area contributed by atoms with E-state index in [1.807, 2.05) is 12.1 Å². The van der Waals surface area contributed by atoms with Crippen molar-refractivity contribution in [1.82, 2.24) is 25.0 Å². The summed E-state index contributed by atoms with van der Waals surface area (Å²) in [6.07, 6.45) is 0.346. The Morgan fingerprint density at radius 1 is 1.03 bits per heavy atom.